The van der Waals surface area contributed by atoms with Crippen molar-refractivity contribution in [2.45, 2.75) is 38.7 Å². The van der Waals surface area contributed by atoms with Crippen LogP contribution in [0.4, 0.5) is 5.69 Å². The Morgan fingerprint density at radius 1 is 1.28 bits per heavy atom. The van der Waals surface area contributed by atoms with E-state index < -0.39 is 0 Å². The van der Waals surface area contributed by atoms with Gasteiger partial charge in [0.15, 0.2) is 0 Å². The van der Waals surface area contributed by atoms with Crippen molar-refractivity contribution in [3.63, 3.8) is 0 Å². The molecule has 1 aromatic rings. The van der Waals surface area contributed by atoms with Crippen LogP contribution in [0.2, 0.25) is 5.02 Å². The molecule has 2 heterocycles. The van der Waals surface area contributed by atoms with E-state index in [9.17, 15) is 9.59 Å². The molecule has 0 spiro atoms. The van der Waals surface area contributed by atoms with E-state index in [1.165, 1.54) is 0 Å². The molecule has 2 fully saturated rings. The van der Waals surface area contributed by atoms with Gasteiger partial charge in [-0.1, -0.05) is 23.8 Å². The first-order valence-corrected chi connectivity index (χ1v) is 13.2. The fraction of sp³-hybridized carbons (Fsp3) is 0.556. The predicted octanol–water partition coefficient (Wildman–Crippen LogP) is 3.51. The predicted molar refractivity (Wildman–Crippen MR) is 143 cm³/mol. The van der Waals surface area contributed by atoms with Gasteiger partial charge < -0.3 is 25.4 Å². The lowest BCUT2D eigenvalue weighted by Crippen LogP contribution is -2.49. The first-order chi connectivity index (χ1) is 17.4. The van der Waals surface area contributed by atoms with E-state index in [0.29, 0.717) is 47.7 Å². The topological polar surface area (TPSA) is 97.1 Å². The van der Waals surface area contributed by atoms with Crippen LogP contribution in [0, 0.1) is 5.92 Å². The van der Waals surface area contributed by atoms with Gasteiger partial charge in [0.2, 0.25) is 5.91 Å². The molecule has 0 aliphatic carbocycles. The molecule has 9 heteroatoms. The smallest absolute Gasteiger partial charge is 0.255 e. The molecule has 2 aliphatic rings. The quantitative estimate of drug-likeness (QED) is 0.201. The number of likely N-dealkylation sites (tertiary alicyclic amines) is 1. The highest BCUT2D eigenvalue weighted by Gasteiger charge is 2.27. The molecule has 3 rings (SSSR count). The number of nitrogen functional groups attached to an aromatic ring is 1. The lowest BCUT2D eigenvalue weighted by molar-refractivity contribution is -0.127. The molecule has 0 radical (unpaired) electrons. The Morgan fingerprint density at radius 3 is 2.78 bits per heavy atom. The summed E-state index contributed by atoms with van der Waals surface area (Å²) in [5.74, 6) is 0.809. The van der Waals surface area contributed by atoms with Crippen molar-refractivity contribution in [1.82, 2.24) is 15.1 Å². The highest BCUT2D eigenvalue weighted by molar-refractivity contribution is 6.33. The maximum atomic E-state index is 12.8. The van der Waals surface area contributed by atoms with Crippen LogP contribution >= 0.6 is 11.6 Å². The van der Waals surface area contributed by atoms with Crippen LogP contribution in [0.15, 0.2) is 36.9 Å². The van der Waals surface area contributed by atoms with Crippen molar-refractivity contribution in [3.05, 3.63) is 47.5 Å². The molecule has 1 unspecified atom stereocenters. The number of nitrogens with zero attached hydrogens (tertiary/aromatic N) is 2. The van der Waals surface area contributed by atoms with Gasteiger partial charge in [-0.3, -0.25) is 14.5 Å². The Morgan fingerprint density at radius 2 is 2.06 bits per heavy atom. The zero-order valence-corrected chi connectivity index (χ0v) is 22.0. The second kappa shape index (κ2) is 14.3. The molecule has 36 heavy (non-hydrogen) atoms. The molecule has 1 aromatic carbocycles. The van der Waals surface area contributed by atoms with E-state index >= 15 is 0 Å². The number of benzene rings is 1. The molecule has 2 aliphatic heterocycles. The van der Waals surface area contributed by atoms with Gasteiger partial charge in [0.05, 0.1) is 35.6 Å². The van der Waals surface area contributed by atoms with Crippen LogP contribution in [0.1, 0.15) is 43.0 Å². The zero-order chi connectivity index (χ0) is 25.9. The highest BCUT2D eigenvalue weighted by atomic mass is 35.5. The summed E-state index contributed by atoms with van der Waals surface area (Å²) in [6.07, 6.45) is 9.14. The standard InChI is InChI=1S/C27H39ClN4O4/c1-3-5-6-7-8-26(33)32-11-9-20(10-12-32)18-31-13-14-36-21(19-31)17-30-27(34)22-15-23(28)24(29)16-25(22)35-4-2/h3,7-8,15-16,20-21H,1,4-6,9-14,17-19,29H2,2H3,(H,30,34). The maximum Gasteiger partial charge on any atom is 0.255 e. The number of nitrogens with one attached hydrogen (secondary N) is 1. The third-order valence-corrected chi connectivity index (χ3v) is 6.92. The van der Waals surface area contributed by atoms with Gasteiger partial charge >= 0.3 is 0 Å². The minimum Gasteiger partial charge on any atom is -0.493 e. The SMILES string of the molecule is C=CCCC=CC(=O)N1CCC(CN2CCOC(CNC(=O)c3cc(Cl)c(N)cc3OCC)C2)CC1. The monoisotopic (exact) mass is 518 g/mol. The number of halogens is 1. The van der Waals surface area contributed by atoms with Crippen molar-refractivity contribution >= 4 is 29.1 Å². The number of amides is 2. The number of unbranched alkanes of at least 4 members (excludes halogenated alkanes) is 1. The average molecular weight is 519 g/mol. The van der Waals surface area contributed by atoms with Crippen LogP contribution in [0.25, 0.3) is 0 Å². The van der Waals surface area contributed by atoms with Crippen LogP contribution in [0.3, 0.4) is 0 Å². The fourth-order valence-electron chi connectivity index (χ4n) is 4.60. The Labute approximate surface area is 219 Å². The lowest BCUT2D eigenvalue weighted by Gasteiger charge is -2.38. The Hall–Kier alpha value is -2.55. The average Bonchev–Trinajstić information content (AvgIpc) is 2.88. The van der Waals surface area contributed by atoms with E-state index in [-0.39, 0.29) is 17.9 Å². The minimum atomic E-state index is -0.267. The summed E-state index contributed by atoms with van der Waals surface area (Å²) in [5.41, 5.74) is 6.60. The summed E-state index contributed by atoms with van der Waals surface area (Å²) in [5, 5.41) is 3.27. The number of hydrogen-bond acceptors (Lipinski definition) is 6. The van der Waals surface area contributed by atoms with Crippen molar-refractivity contribution in [3.8, 4) is 5.75 Å². The molecule has 198 valence electrons. The number of anilines is 1. The number of piperidine rings is 1. The second-order valence-corrected chi connectivity index (χ2v) is 9.71. The number of rotatable bonds is 11. The van der Waals surface area contributed by atoms with Gasteiger partial charge in [0.1, 0.15) is 5.75 Å². The van der Waals surface area contributed by atoms with Crippen molar-refractivity contribution in [1.29, 1.82) is 0 Å². The summed E-state index contributed by atoms with van der Waals surface area (Å²) in [6.45, 7) is 11.2. The van der Waals surface area contributed by atoms with E-state index in [0.717, 1.165) is 58.4 Å². The molecule has 1 atom stereocenters. The zero-order valence-electron chi connectivity index (χ0n) is 21.2. The van der Waals surface area contributed by atoms with Gasteiger partial charge in [0.25, 0.3) is 5.91 Å². The summed E-state index contributed by atoms with van der Waals surface area (Å²) in [7, 11) is 0. The lowest BCUT2D eigenvalue weighted by atomic mass is 9.95. The Balaban J connectivity index is 1.43. The van der Waals surface area contributed by atoms with Crippen molar-refractivity contribution in [2.75, 3.05) is 58.2 Å². The number of carbonyl (C=O) groups is 2. The molecule has 3 N–H and O–H groups in total. The summed E-state index contributed by atoms with van der Waals surface area (Å²) >= 11 is 6.13. The van der Waals surface area contributed by atoms with Gasteiger partial charge in [-0.2, -0.15) is 0 Å². The maximum absolute atomic E-state index is 12.8. The molecular formula is C27H39ClN4O4. The Kier molecular flexibility index (Phi) is 11.1. The van der Waals surface area contributed by atoms with E-state index in [1.54, 1.807) is 18.2 Å². The molecular weight excluding hydrogens is 480 g/mol. The minimum absolute atomic E-state index is 0.0927. The van der Waals surface area contributed by atoms with E-state index in [4.69, 9.17) is 26.8 Å². The Bertz CT molecular complexity index is 931. The van der Waals surface area contributed by atoms with Crippen molar-refractivity contribution in [2.24, 2.45) is 5.92 Å². The molecule has 8 nitrogen and oxygen atoms in total. The molecule has 0 bridgehead atoms. The van der Waals surface area contributed by atoms with Crippen LogP contribution in [-0.4, -0.2) is 80.2 Å². The number of ether oxygens (including phenoxy) is 2. The largest absolute Gasteiger partial charge is 0.493 e. The third-order valence-electron chi connectivity index (χ3n) is 6.60. The number of nitrogens with two attached hydrogens (primary N) is 1. The molecule has 0 aromatic heterocycles. The van der Waals surface area contributed by atoms with Crippen molar-refractivity contribution < 1.29 is 19.1 Å². The van der Waals surface area contributed by atoms with Crippen LogP contribution < -0.4 is 15.8 Å². The second-order valence-electron chi connectivity index (χ2n) is 9.30. The van der Waals surface area contributed by atoms with Gasteiger partial charge in [0, 0.05) is 45.3 Å². The third kappa shape index (κ3) is 8.25. The summed E-state index contributed by atoms with van der Waals surface area (Å²) in [4.78, 5) is 29.5. The number of morpholine rings is 1. The molecule has 0 saturated carbocycles. The van der Waals surface area contributed by atoms with E-state index in [1.807, 2.05) is 24.0 Å². The number of allylic oxidation sites excluding steroid dienone is 2. The normalized spacial score (nSPS) is 19.4. The fourth-order valence-corrected chi connectivity index (χ4v) is 4.76. The van der Waals surface area contributed by atoms with Crippen LogP contribution in [-0.2, 0) is 9.53 Å². The first kappa shape index (κ1) is 28.0. The first-order valence-electron chi connectivity index (χ1n) is 12.8. The molecule has 2 saturated heterocycles. The van der Waals surface area contributed by atoms with Gasteiger partial charge in [-0.15, -0.1) is 6.58 Å². The van der Waals surface area contributed by atoms with Crippen LogP contribution in [0.5, 0.6) is 5.75 Å². The number of hydrogen-bond donors (Lipinski definition) is 2. The summed E-state index contributed by atoms with van der Waals surface area (Å²) in [6, 6.07) is 3.12. The van der Waals surface area contributed by atoms with Gasteiger partial charge in [-0.25, -0.2) is 0 Å². The summed E-state index contributed by atoms with van der Waals surface area (Å²) < 4.78 is 11.5. The molecule has 2 amide bonds. The van der Waals surface area contributed by atoms with Gasteiger partial charge in [-0.05, 0) is 50.7 Å². The number of carbonyl (C=O) groups excluding carboxylic acids is 2. The highest BCUT2D eigenvalue weighted by Crippen LogP contribution is 2.29. The van der Waals surface area contributed by atoms with E-state index in [2.05, 4.69) is 16.8 Å².